The molecule has 0 aromatic heterocycles. The van der Waals surface area contributed by atoms with Crippen molar-refractivity contribution in [2.75, 3.05) is 20.7 Å². The monoisotopic (exact) mass is 419 g/mol. The average Bonchev–Trinajstić information content (AvgIpc) is 2.71. The summed E-state index contributed by atoms with van der Waals surface area (Å²) in [6.07, 6.45) is 3.93. The SMILES string of the molecule is CCCCNC(=S)N(C)N=Cc1ccc(OCc2ccc(Cl)cc2)c(OC)c1. The number of hydrogen-bond donors (Lipinski definition) is 1. The van der Waals surface area contributed by atoms with Gasteiger partial charge in [0, 0.05) is 18.6 Å². The van der Waals surface area contributed by atoms with Crippen LogP contribution in [0, 0.1) is 0 Å². The third-order valence-corrected chi connectivity index (χ3v) is 4.64. The first kappa shape index (κ1) is 22.0. The number of rotatable bonds is 9. The van der Waals surface area contributed by atoms with E-state index in [1.807, 2.05) is 49.5 Å². The fourth-order valence-corrected chi connectivity index (χ4v) is 2.59. The van der Waals surface area contributed by atoms with Crippen LogP contribution in [0.1, 0.15) is 30.9 Å². The molecular formula is C21H26ClN3O2S. The predicted molar refractivity (Wildman–Crippen MR) is 120 cm³/mol. The second-order valence-electron chi connectivity index (χ2n) is 6.18. The minimum absolute atomic E-state index is 0.432. The highest BCUT2D eigenvalue weighted by atomic mass is 35.5. The molecule has 0 saturated heterocycles. The third-order valence-electron chi connectivity index (χ3n) is 3.98. The lowest BCUT2D eigenvalue weighted by Crippen LogP contribution is -2.34. The molecule has 2 aromatic carbocycles. The molecule has 0 amide bonds. The molecule has 0 bridgehead atoms. The molecule has 0 atom stereocenters. The van der Waals surface area contributed by atoms with Crippen molar-refractivity contribution < 1.29 is 9.47 Å². The van der Waals surface area contributed by atoms with Gasteiger partial charge in [-0.2, -0.15) is 5.10 Å². The van der Waals surface area contributed by atoms with Crippen LogP contribution in [-0.4, -0.2) is 37.0 Å². The second kappa shape index (κ2) is 11.5. The zero-order valence-corrected chi connectivity index (χ0v) is 18.0. The van der Waals surface area contributed by atoms with Crippen molar-refractivity contribution in [1.29, 1.82) is 0 Å². The smallest absolute Gasteiger partial charge is 0.189 e. The van der Waals surface area contributed by atoms with E-state index in [4.69, 9.17) is 33.3 Å². The molecule has 5 nitrogen and oxygen atoms in total. The number of benzene rings is 2. The first-order chi connectivity index (χ1) is 13.5. The van der Waals surface area contributed by atoms with Crippen molar-refractivity contribution in [2.45, 2.75) is 26.4 Å². The lowest BCUT2D eigenvalue weighted by atomic mass is 10.2. The van der Waals surface area contributed by atoms with Gasteiger partial charge in [0.25, 0.3) is 0 Å². The molecule has 0 radical (unpaired) electrons. The maximum atomic E-state index is 5.91. The molecule has 150 valence electrons. The Bertz CT molecular complexity index is 797. The van der Waals surface area contributed by atoms with E-state index in [9.17, 15) is 0 Å². The van der Waals surface area contributed by atoms with Crippen molar-refractivity contribution in [3.05, 3.63) is 58.6 Å². The van der Waals surface area contributed by atoms with Crippen LogP contribution in [0.3, 0.4) is 0 Å². The molecule has 0 aliphatic heterocycles. The molecule has 0 aliphatic rings. The molecule has 0 heterocycles. The third kappa shape index (κ3) is 7.02. The number of hydrogen-bond acceptors (Lipinski definition) is 4. The van der Waals surface area contributed by atoms with Crippen molar-refractivity contribution in [3.8, 4) is 11.5 Å². The van der Waals surface area contributed by atoms with Gasteiger partial charge >= 0.3 is 0 Å². The molecule has 7 heteroatoms. The fraction of sp³-hybridized carbons (Fsp3) is 0.333. The van der Waals surface area contributed by atoms with E-state index in [-0.39, 0.29) is 0 Å². The number of thiocarbonyl (C=S) groups is 1. The van der Waals surface area contributed by atoms with Crippen molar-refractivity contribution in [1.82, 2.24) is 10.3 Å². The lowest BCUT2D eigenvalue weighted by molar-refractivity contribution is 0.284. The molecule has 1 N–H and O–H groups in total. The first-order valence-corrected chi connectivity index (χ1v) is 9.93. The highest BCUT2D eigenvalue weighted by Crippen LogP contribution is 2.28. The van der Waals surface area contributed by atoms with Gasteiger partial charge in [0.15, 0.2) is 16.6 Å². The summed E-state index contributed by atoms with van der Waals surface area (Å²) in [6.45, 7) is 3.42. The Morgan fingerprint density at radius 2 is 1.96 bits per heavy atom. The minimum Gasteiger partial charge on any atom is -0.493 e. The summed E-state index contributed by atoms with van der Waals surface area (Å²) in [4.78, 5) is 0. The standard InChI is InChI=1S/C21H26ClN3O2S/c1-4-5-12-23-21(28)25(2)24-14-17-8-11-19(20(13-17)26-3)27-15-16-6-9-18(22)10-7-16/h6-11,13-14H,4-5,12,15H2,1-3H3,(H,23,28). The van der Waals surface area contributed by atoms with Crippen LogP contribution in [0.25, 0.3) is 0 Å². The van der Waals surface area contributed by atoms with E-state index in [1.54, 1.807) is 18.3 Å². The summed E-state index contributed by atoms with van der Waals surface area (Å²) in [5, 5.41) is 10.5. The van der Waals surface area contributed by atoms with Crippen LogP contribution in [0.5, 0.6) is 11.5 Å². The molecule has 0 aliphatic carbocycles. The first-order valence-electron chi connectivity index (χ1n) is 9.14. The number of unbranched alkanes of at least 4 members (excludes halogenated alkanes) is 1. The highest BCUT2D eigenvalue weighted by molar-refractivity contribution is 7.80. The Kier molecular flexibility index (Phi) is 9.04. The Morgan fingerprint density at radius 1 is 1.21 bits per heavy atom. The second-order valence-corrected chi connectivity index (χ2v) is 7.00. The molecule has 0 fully saturated rings. The average molecular weight is 420 g/mol. The van der Waals surface area contributed by atoms with Gasteiger partial charge in [-0.15, -0.1) is 0 Å². The summed E-state index contributed by atoms with van der Waals surface area (Å²) in [5.74, 6) is 1.31. The van der Waals surface area contributed by atoms with Crippen molar-refractivity contribution >= 4 is 35.1 Å². The summed E-state index contributed by atoms with van der Waals surface area (Å²) >= 11 is 11.2. The van der Waals surface area contributed by atoms with E-state index in [2.05, 4.69) is 17.3 Å². The molecule has 0 saturated carbocycles. The van der Waals surface area contributed by atoms with Crippen molar-refractivity contribution in [2.24, 2.45) is 5.10 Å². The normalized spacial score (nSPS) is 10.7. The molecule has 28 heavy (non-hydrogen) atoms. The van der Waals surface area contributed by atoms with Gasteiger partial charge in [0.1, 0.15) is 6.61 Å². The number of ether oxygens (including phenoxy) is 2. The van der Waals surface area contributed by atoms with Gasteiger partial charge in [-0.3, -0.25) is 0 Å². The van der Waals surface area contributed by atoms with E-state index >= 15 is 0 Å². The lowest BCUT2D eigenvalue weighted by Gasteiger charge is -2.15. The van der Waals surface area contributed by atoms with Gasteiger partial charge in [-0.25, -0.2) is 5.01 Å². The predicted octanol–water partition coefficient (Wildman–Crippen LogP) is 4.87. The Balaban J connectivity index is 1.97. The van der Waals surface area contributed by atoms with Gasteiger partial charge in [0.2, 0.25) is 0 Å². The molecule has 2 aromatic rings. The van der Waals surface area contributed by atoms with E-state index in [0.29, 0.717) is 28.2 Å². The minimum atomic E-state index is 0.432. The van der Waals surface area contributed by atoms with Crippen LogP contribution in [0.15, 0.2) is 47.6 Å². The van der Waals surface area contributed by atoms with Crippen LogP contribution < -0.4 is 14.8 Å². The van der Waals surface area contributed by atoms with Gasteiger partial charge < -0.3 is 14.8 Å². The van der Waals surface area contributed by atoms with Crippen LogP contribution >= 0.6 is 23.8 Å². The largest absolute Gasteiger partial charge is 0.493 e. The van der Waals surface area contributed by atoms with Gasteiger partial charge in [-0.1, -0.05) is 37.1 Å². The van der Waals surface area contributed by atoms with Gasteiger partial charge in [-0.05, 0) is 60.1 Å². The number of halogens is 1. The highest BCUT2D eigenvalue weighted by Gasteiger charge is 2.06. The Labute approximate surface area is 177 Å². The molecule has 0 unspecified atom stereocenters. The zero-order chi connectivity index (χ0) is 20.4. The number of nitrogens with one attached hydrogen (secondary N) is 1. The number of methoxy groups -OCH3 is 1. The summed E-state index contributed by atoms with van der Waals surface area (Å²) in [7, 11) is 3.43. The topological polar surface area (TPSA) is 46.1 Å². The van der Waals surface area contributed by atoms with Crippen LogP contribution in [0.4, 0.5) is 0 Å². The number of hydrazone groups is 1. The number of nitrogens with zero attached hydrogens (tertiary/aromatic N) is 2. The van der Waals surface area contributed by atoms with E-state index in [0.717, 1.165) is 30.5 Å². The fourth-order valence-electron chi connectivity index (χ4n) is 2.32. The Morgan fingerprint density at radius 3 is 2.64 bits per heavy atom. The quantitative estimate of drug-likeness (QED) is 0.272. The van der Waals surface area contributed by atoms with Crippen LogP contribution in [0.2, 0.25) is 5.02 Å². The van der Waals surface area contributed by atoms with E-state index in [1.165, 1.54) is 0 Å². The molecule has 2 rings (SSSR count). The van der Waals surface area contributed by atoms with Gasteiger partial charge in [0.05, 0.1) is 13.3 Å². The summed E-state index contributed by atoms with van der Waals surface area (Å²) < 4.78 is 11.3. The summed E-state index contributed by atoms with van der Waals surface area (Å²) in [5.41, 5.74) is 1.92. The molecular weight excluding hydrogens is 394 g/mol. The Hall–Kier alpha value is -2.31. The van der Waals surface area contributed by atoms with Crippen LogP contribution in [-0.2, 0) is 6.61 Å². The zero-order valence-electron chi connectivity index (χ0n) is 16.4. The molecule has 0 spiro atoms. The van der Waals surface area contributed by atoms with E-state index < -0.39 is 0 Å². The summed E-state index contributed by atoms with van der Waals surface area (Å²) in [6, 6.07) is 13.2. The maximum Gasteiger partial charge on any atom is 0.189 e. The van der Waals surface area contributed by atoms with Crippen molar-refractivity contribution in [3.63, 3.8) is 0 Å². The maximum absolute atomic E-state index is 5.91.